The van der Waals surface area contributed by atoms with Crippen LogP contribution in [0.5, 0.6) is 5.75 Å². The summed E-state index contributed by atoms with van der Waals surface area (Å²) in [6.45, 7) is 5.94. The third-order valence-electron chi connectivity index (χ3n) is 5.41. The maximum Gasteiger partial charge on any atom is 0.137 e. The number of pyridine rings is 1. The Kier molecular flexibility index (Phi) is 3.59. The lowest BCUT2D eigenvalue weighted by molar-refractivity contribution is 0.0691. The van der Waals surface area contributed by atoms with E-state index in [0.29, 0.717) is 17.9 Å². The molecule has 0 radical (unpaired) electrons. The van der Waals surface area contributed by atoms with Gasteiger partial charge in [-0.05, 0) is 31.9 Å². The number of hydrogen-bond acceptors (Lipinski definition) is 4. The summed E-state index contributed by atoms with van der Waals surface area (Å²) in [5.74, 6) is 2.06. The van der Waals surface area contributed by atoms with Gasteiger partial charge in [0.05, 0.1) is 25.5 Å². The van der Waals surface area contributed by atoms with E-state index < -0.39 is 0 Å². The molecule has 2 saturated heterocycles. The molecule has 1 aliphatic carbocycles. The molecule has 0 unspecified atom stereocenters. The molecule has 4 nitrogen and oxygen atoms in total. The quantitative estimate of drug-likeness (QED) is 0.851. The van der Waals surface area contributed by atoms with E-state index in [2.05, 4.69) is 9.88 Å². The molecule has 1 saturated carbocycles. The van der Waals surface area contributed by atoms with Crippen LogP contribution < -0.4 is 4.74 Å². The lowest BCUT2D eigenvalue weighted by Gasteiger charge is -2.35. The fourth-order valence-corrected chi connectivity index (χ4v) is 3.79. The second-order valence-corrected chi connectivity index (χ2v) is 6.78. The Morgan fingerprint density at radius 1 is 1.33 bits per heavy atom. The first-order valence-electron chi connectivity index (χ1n) is 8.21. The minimum atomic E-state index is 0.440. The number of nitrogens with zero attached hydrogens (tertiary/aromatic N) is 2. The molecule has 0 spiro atoms. The van der Waals surface area contributed by atoms with Crippen LogP contribution in [0.1, 0.15) is 25.0 Å². The lowest BCUT2D eigenvalue weighted by atomic mass is 9.91. The van der Waals surface area contributed by atoms with E-state index in [4.69, 9.17) is 9.47 Å². The molecule has 21 heavy (non-hydrogen) atoms. The van der Waals surface area contributed by atoms with Gasteiger partial charge in [-0.2, -0.15) is 0 Å². The van der Waals surface area contributed by atoms with Crippen molar-refractivity contribution in [3.05, 3.63) is 24.0 Å². The van der Waals surface area contributed by atoms with Gasteiger partial charge in [0.15, 0.2) is 0 Å². The number of fused-ring (bicyclic) bond motifs is 1. The van der Waals surface area contributed by atoms with Crippen molar-refractivity contribution in [1.29, 1.82) is 0 Å². The SMILES string of the molecule is Cc1ccc(OC[C@@H]2CO[C@@H]3CN(C4CCC4)C[C@H]23)cn1. The van der Waals surface area contributed by atoms with Crippen molar-refractivity contribution in [2.24, 2.45) is 11.8 Å². The zero-order valence-electron chi connectivity index (χ0n) is 12.7. The number of rotatable bonds is 4. The van der Waals surface area contributed by atoms with Crippen molar-refractivity contribution in [2.45, 2.75) is 38.3 Å². The average Bonchev–Trinajstić information content (AvgIpc) is 2.97. The van der Waals surface area contributed by atoms with Crippen LogP contribution in [-0.4, -0.2) is 48.3 Å². The van der Waals surface area contributed by atoms with Gasteiger partial charge in [0.2, 0.25) is 0 Å². The monoisotopic (exact) mass is 288 g/mol. The molecule has 114 valence electrons. The van der Waals surface area contributed by atoms with Gasteiger partial charge in [-0.1, -0.05) is 6.42 Å². The minimum Gasteiger partial charge on any atom is -0.492 e. The Hall–Kier alpha value is -1.13. The summed E-state index contributed by atoms with van der Waals surface area (Å²) >= 11 is 0. The van der Waals surface area contributed by atoms with E-state index in [-0.39, 0.29) is 0 Å². The van der Waals surface area contributed by atoms with Crippen molar-refractivity contribution in [3.63, 3.8) is 0 Å². The van der Waals surface area contributed by atoms with Crippen LogP contribution in [0.3, 0.4) is 0 Å². The highest BCUT2D eigenvalue weighted by Crippen LogP contribution is 2.38. The second-order valence-electron chi connectivity index (χ2n) is 6.78. The topological polar surface area (TPSA) is 34.6 Å². The molecule has 1 aromatic rings. The third-order valence-corrected chi connectivity index (χ3v) is 5.41. The Morgan fingerprint density at radius 2 is 2.24 bits per heavy atom. The molecule has 4 heteroatoms. The number of aryl methyl sites for hydroxylation is 1. The highest BCUT2D eigenvalue weighted by Gasteiger charge is 2.46. The van der Waals surface area contributed by atoms with Crippen LogP contribution in [0.25, 0.3) is 0 Å². The van der Waals surface area contributed by atoms with Gasteiger partial charge in [0, 0.05) is 36.7 Å². The Balaban J connectivity index is 1.32. The van der Waals surface area contributed by atoms with Crippen molar-refractivity contribution in [2.75, 3.05) is 26.3 Å². The predicted molar refractivity (Wildman–Crippen MR) is 80.4 cm³/mol. The van der Waals surface area contributed by atoms with Crippen molar-refractivity contribution >= 4 is 0 Å². The zero-order valence-corrected chi connectivity index (χ0v) is 12.7. The molecule has 3 atom stereocenters. The molecule has 0 amide bonds. The highest BCUT2D eigenvalue weighted by molar-refractivity contribution is 5.19. The molecule has 4 rings (SSSR count). The van der Waals surface area contributed by atoms with E-state index in [9.17, 15) is 0 Å². The van der Waals surface area contributed by atoms with Gasteiger partial charge < -0.3 is 9.47 Å². The van der Waals surface area contributed by atoms with Gasteiger partial charge >= 0.3 is 0 Å². The molecule has 3 aliphatic rings. The van der Waals surface area contributed by atoms with Crippen LogP contribution in [0.4, 0.5) is 0 Å². The Morgan fingerprint density at radius 3 is 2.95 bits per heavy atom. The first-order chi connectivity index (χ1) is 10.3. The van der Waals surface area contributed by atoms with Crippen LogP contribution in [-0.2, 0) is 4.74 Å². The molecule has 3 fully saturated rings. The first kappa shape index (κ1) is 13.5. The summed E-state index contributed by atoms with van der Waals surface area (Å²) in [6, 6.07) is 4.84. The van der Waals surface area contributed by atoms with E-state index in [1.54, 1.807) is 0 Å². The first-order valence-corrected chi connectivity index (χ1v) is 8.21. The smallest absolute Gasteiger partial charge is 0.137 e. The molecule has 0 aromatic carbocycles. The van der Waals surface area contributed by atoms with Gasteiger partial charge in [-0.3, -0.25) is 9.88 Å². The maximum absolute atomic E-state index is 6.01. The number of aromatic nitrogens is 1. The minimum absolute atomic E-state index is 0.440. The van der Waals surface area contributed by atoms with Crippen molar-refractivity contribution in [1.82, 2.24) is 9.88 Å². The molecule has 2 aliphatic heterocycles. The Bertz CT molecular complexity index is 486. The summed E-state index contributed by atoms with van der Waals surface area (Å²) in [4.78, 5) is 6.93. The molecule has 0 N–H and O–H groups in total. The standard InChI is InChI=1S/C17H24N2O2/c1-12-5-6-15(7-18-12)20-10-13-11-21-17-9-19(8-16(13)17)14-3-2-4-14/h5-7,13-14,16-17H,2-4,8-11H2,1H3/t13-,16-,17-/m1/s1. The van der Waals surface area contributed by atoms with E-state index >= 15 is 0 Å². The van der Waals surface area contributed by atoms with E-state index in [1.807, 2.05) is 25.3 Å². The van der Waals surface area contributed by atoms with Crippen LogP contribution >= 0.6 is 0 Å². The normalized spacial score (nSPS) is 32.9. The van der Waals surface area contributed by atoms with Gasteiger partial charge in [0.25, 0.3) is 0 Å². The average molecular weight is 288 g/mol. The van der Waals surface area contributed by atoms with Crippen molar-refractivity contribution < 1.29 is 9.47 Å². The zero-order chi connectivity index (χ0) is 14.2. The Labute approximate surface area is 126 Å². The number of likely N-dealkylation sites (tertiary alicyclic amines) is 1. The largest absolute Gasteiger partial charge is 0.492 e. The summed E-state index contributed by atoms with van der Waals surface area (Å²) in [5, 5.41) is 0. The van der Waals surface area contributed by atoms with Crippen molar-refractivity contribution in [3.8, 4) is 5.75 Å². The second kappa shape index (κ2) is 5.58. The van der Waals surface area contributed by atoms with Gasteiger partial charge in [-0.15, -0.1) is 0 Å². The molecule has 3 heterocycles. The molecule has 1 aromatic heterocycles. The third kappa shape index (κ3) is 2.67. The fourth-order valence-electron chi connectivity index (χ4n) is 3.79. The predicted octanol–water partition coefficient (Wildman–Crippen LogP) is 2.27. The molecular formula is C17H24N2O2. The van der Waals surface area contributed by atoms with Crippen LogP contribution in [0, 0.1) is 18.8 Å². The van der Waals surface area contributed by atoms with E-state index in [1.165, 1.54) is 25.8 Å². The van der Waals surface area contributed by atoms with Crippen LogP contribution in [0.2, 0.25) is 0 Å². The number of hydrogen-bond donors (Lipinski definition) is 0. The summed E-state index contributed by atoms with van der Waals surface area (Å²) in [5.41, 5.74) is 1.03. The van der Waals surface area contributed by atoms with Crippen LogP contribution in [0.15, 0.2) is 18.3 Å². The highest BCUT2D eigenvalue weighted by atomic mass is 16.5. The molecular weight excluding hydrogens is 264 g/mol. The van der Waals surface area contributed by atoms with Gasteiger partial charge in [-0.25, -0.2) is 0 Å². The fraction of sp³-hybridized carbons (Fsp3) is 0.706. The molecule has 0 bridgehead atoms. The maximum atomic E-state index is 6.01. The summed E-state index contributed by atoms with van der Waals surface area (Å²) < 4.78 is 11.9. The van der Waals surface area contributed by atoms with Gasteiger partial charge in [0.1, 0.15) is 5.75 Å². The summed E-state index contributed by atoms with van der Waals surface area (Å²) in [7, 11) is 0. The van der Waals surface area contributed by atoms with E-state index in [0.717, 1.165) is 37.2 Å². The lowest BCUT2D eigenvalue weighted by Crippen LogP contribution is -2.40. The number of ether oxygens (including phenoxy) is 2. The summed E-state index contributed by atoms with van der Waals surface area (Å²) in [6.07, 6.45) is 6.43.